The third-order valence-corrected chi connectivity index (χ3v) is 4.62. The van der Waals surface area contributed by atoms with Gasteiger partial charge in [0.25, 0.3) is 0 Å². The molecule has 0 aromatic carbocycles. The van der Waals surface area contributed by atoms with E-state index >= 15 is 0 Å². The number of rotatable bonds is 1. The van der Waals surface area contributed by atoms with Crippen molar-refractivity contribution in [1.29, 1.82) is 0 Å². The maximum atomic E-state index is 5.32. The Morgan fingerprint density at radius 1 is 1.36 bits per heavy atom. The Labute approximate surface area is 92.5 Å². The highest BCUT2D eigenvalue weighted by Crippen LogP contribution is 2.33. The van der Waals surface area contributed by atoms with Crippen molar-refractivity contribution in [3.63, 3.8) is 0 Å². The van der Waals surface area contributed by atoms with Gasteiger partial charge in [0.15, 0.2) is 0 Å². The molecule has 0 amide bonds. The average molecular weight is 224 g/mol. The lowest BCUT2D eigenvalue weighted by Crippen LogP contribution is -2.19. The van der Waals surface area contributed by atoms with Crippen LogP contribution in [-0.4, -0.2) is 21.5 Å². The Hall–Kier alpha value is -0.350. The van der Waals surface area contributed by atoms with Gasteiger partial charge in [0.1, 0.15) is 10.5 Å². The highest BCUT2D eigenvalue weighted by atomic mass is 32.2. The van der Waals surface area contributed by atoms with Crippen LogP contribution in [0.2, 0.25) is 0 Å². The van der Waals surface area contributed by atoms with E-state index in [0.717, 1.165) is 23.3 Å². The molecule has 1 aromatic rings. The van der Waals surface area contributed by atoms with Crippen LogP contribution in [0.5, 0.6) is 0 Å². The van der Waals surface area contributed by atoms with Crippen LogP contribution < -0.4 is 0 Å². The van der Waals surface area contributed by atoms with Crippen LogP contribution in [0.1, 0.15) is 29.4 Å². The van der Waals surface area contributed by atoms with Gasteiger partial charge in [0.05, 0.1) is 0 Å². The molecule has 2 aliphatic rings. The van der Waals surface area contributed by atoms with Crippen molar-refractivity contribution in [2.24, 2.45) is 0 Å². The molecule has 1 fully saturated rings. The predicted octanol–water partition coefficient (Wildman–Crippen LogP) is 2.46. The van der Waals surface area contributed by atoms with Crippen LogP contribution in [0.25, 0.3) is 0 Å². The van der Waals surface area contributed by atoms with E-state index in [1.807, 2.05) is 11.8 Å². The van der Waals surface area contributed by atoms with Gasteiger partial charge in [-0.05, 0) is 19.3 Å². The zero-order chi connectivity index (χ0) is 9.54. The quantitative estimate of drug-likeness (QED) is 0.743. The van der Waals surface area contributed by atoms with Crippen molar-refractivity contribution >= 4 is 24.0 Å². The van der Waals surface area contributed by atoms with Gasteiger partial charge in [0.2, 0.25) is 0 Å². The van der Waals surface area contributed by atoms with Crippen LogP contribution in [0.3, 0.4) is 0 Å². The zero-order valence-corrected chi connectivity index (χ0v) is 9.51. The zero-order valence-electron chi connectivity index (χ0n) is 7.88. The summed E-state index contributed by atoms with van der Waals surface area (Å²) in [5.74, 6) is 4.18. The number of aryl methyl sites for hydroxylation is 1. The summed E-state index contributed by atoms with van der Waals surface area (Å²) in [5.41, 5.74) is 2.66. The third kappa shape index (κ3) is 1.32. The fourth-order valence-electron chi connectivity index (χ4n) is 2.06. The smallest absolute Gasteiger partial charge is 0.133 e. The second-order valence-electron chi connectivity index (χ2n) is 3.97. The van der Waals surface area contributed by atoms with Crippen LogP contribution in [-0.2, 0) is 12.8 Å². The van der Waals surface area contributed by atoms with E-state index in [2.05, 4.69) is 9.97 Å². The van der Waals surface area contributed by atoms with Gasteiger partial charge in [-0.25, -0.2) is 4.98 Å². The molecule has 3 rings (SSSR count). The normalized spacial score (nSPS) is 20.6. The van der Waals surface area contributed by atoms with Gasteiger partial charge in [-0.2, -0.15) is 11.8 Å². The Morgan fingerprint density at radius 2 is 2.21 bits per heavy atom. The molecule has 0 saturated carbocycles. The first-order valence-corrected chi connectivity index (χ1v) is 6.60. The minimum atomic E-state index is 0.632. The molecule has 1 N–H and O–H groups in total. The second-order valence-corrected chi connectivity index (χ2v) is 5.43. The Balaban J connectivity index is 2.07. The number of thioether (sulfide) groups is 1. The monoisotopic (exact) mass is 224 g/mol. The highest BCUT2D eigenvalue weighted by molar-refractivity contribution is 8.00. The van der Waals surface area contributed by atoms with Gasteiger partial charge in [-0.3, -0.25) is 0 Å². The summed E-state index contributed by atoms with van der Waals surface area (Å²) < 4.78 is 0.850. The van der Waals surface area contributed by atoms with Crippen LogP contribution in [0.4, 0.5) is 0 Å². The first kappa shape index (κ1) is 8.92. The average Bonchev–Trinajstić information content (AvgIpc) is 2.48. The van der Waals surface area contributed by atoms with Crippen LogP contribution in [0, 0.1) is 4.64 Å². The number of fused-ring (bicyclic) bond motifs is 1. The number of nitrogens with zero attached hydrogens (tertiary/aromatic N) is 1. The number of hydrogen-bond donors (Lipinski definition) is 1. The van der Waals surface area contributed by atoms with Gasteiger partial charge >= 0.3 is 0 Å². The lowest BCUT2D eigenvalue weighted by atomic mass is 10.1. The summed E-state index contributed by atoms with van der Waals surface area (Å²) in [6.45, 7) is 0. The standard InChI is InChI=1S/C10H12N2S2/c13-10-7-2-1-3-8(7)11-9(12-10)6-4-14-5-6/h6H,1-5H2,(H,11,12,13). The lowest BCUT2D eigenvalue weighted by Gasteiger charge is -2.24. The first-order valence-electron chi connectivity index (χ1n) is 5.04. The molecule has 4 heteroatoms. The fourth-order valence-corrected chi connectivity index (χ4v) is 3.17. The second kappa shape index (κ2) is 3.35. The van der Waals surface area contributed by atoms with E-state index in [9.17, 15) is 0 Å². The molecule has 0 spiro atoms. The Kier molecular flexibility index (Phi) is 2.13. The summed E-state index contributed by atoms with van der Waals surface area (Å²) in [6, 6.07) is 0. The van der Waals surface area contributed by atoms with Crippen molar-refractivity contribution in [3.05, 3.63) is 21.7 Å². The molecule has 0 unspecified atom stereocenters. The maximum absolute atomic E-state index is 5.32. The van der Waals surface area contributed by atoms with Crippen LogP contribution >= 0.6 is 24.0 Å². The molecule has 1 aliphatic heterocycles. The Bertz CT molecular complexity index is 421. The molecule has 1 saturated heterocycles. The molecule has 14 heavy (non-hydrogen) atoms. The minimum absolute atomic E-state index is 0.632. The first-order chi connectivity index (χ1) is 6.84. The van der Waals surface area contributed by atoms with E-state index in [0.29, 0.717) is 5.92 Å². The minimum Gasteiger partial charge on any atom is -0.347 e. The number of hydrogen-bond acceptors (Lipinski definition) is 3. The van der Waals surface area contributed by atoms with Crippen molar-refractivity contribution in [2.75, 3.05) is 11.5 Å². The summed E-state index contributed by atoms with van der Waals surface area (Å²) >= 11 is 7.30. The molecule has 2 nitrogen and oxygen atoms in total. The summed E-state index contributed by atoms with van der Waals surface area (Å²) in [5, 5.41) is 0. The Morgan fingerprint density at radius 3 is 2.93 bits per heavy atom. The molecule has 0 atom stereocenters. The largest absolute Gasteiger partial charge is 0.347 e. The molecule has 2 heterocycles. The van der Waals surface area contributed by atoms with Crippen molar-refractivity contribution < 1.29 is 0 Å². The van der Waals surface area contributed by atoms with Gasteiger partial charge in [-0.15, -0.1) is 0 Å². The molecule has 1 aromatic heterocycles. The van der Waals surface area contributed by atoms with Gasteiger partial charge < -0.3 is 4.98 Å². The van der Waals surface area contributed by atoms with Gasteiger partial charge in [-0.1, -0.05) is 12.2 Å². The van der Waals surface area contributed by atoms with Crippen molar-refractivity contribution in [3.8, 4) is 0 Å². The number of aromatic nitrogens is 2. The molecular weight excluding hydrogens is 212 g/mol. The van der Waals surface area contributed by atoms with E-state index in [1.165, 1.54) is 29.2 Å². The van der Waals surface area contributed by atoms with E-state index in [-0.39, 0.29) is 0 Å². The molecular formula is C10H12N2S2. The molecule has 74 valence electrons. The molecule has 1 aliphatic carbocycles. The van der Waals surface area contributed by atoms with Gasteiger partial charge in [0, 0.05) is 28.7 Å². The summed E-state index contributed by atoms with van der Waals surface area (Å²) in [6.07, 6.45) is 3.52. The molecule has 0 bridgehead atoms. The fraction of sp³-hybridized carbons (Fsp3) is 0.600. The SMILES string of the molecule is S=c1nc(C2CSC2)[nH]c2c1CCC2. The van der Waals surface area contributed by atoms with Crippen LogP contribution in [0.15, 0.2) is 0 Å². The van der Waals surface area contributed by atoms with E-state index in [1.54, 1.807) is 0 Å². The number of aromatic amines is 1. The van der Waals surface area contributed by atoms with E-state index < -0.39 is 0 Å². The summed E-state index contributed by atoms with van der Waals surface area (Å²) in [7, 11) is 0. The third-order valence-electron chi connectivity index (χ3n) is 3.00. The lowest BCUT2D eigenvalue weighted by molar-refractivity contribution is 0.747. The number of nitrogens with one attached hydrogen (secondary N) is 1. The summed E-state index contributed by atoms with van der Waals surface area (Å²) in [4.78, 5) is 7.99. The number of H-pyrrole nitrogens is 1. The van der Waals surface area contributed by atoms with Crippen molar-refractivity contribution in [1.82, 2.24) is 9.97 Å². The highest BCUT2D eigenvalue weighted by Gasteiger charge is 2.24. The topological polar surface area (TPSA) is 28.7 Å². The maximum Gasteiger partial charge on any atom is 0.133 e. The molecule has 0 radical (unpaired) electrons. The van der Waals surface area contributed by atoms with E-state index in [4.69, 9.17) is 12.2 Å². The predicted molar refractivity (Wildman–Crippen MR) is 61.5 cm³/mol. The van der Waals surface area contributed by atoms with Crippen molar-refractivity contribution in [2.45, 2.75) is 25.2 Å².